The largest absolute Gasteiger partial charge is 0.493 e. The summed E-state index contributed by atoms with van der Waals surface area (Å²) in [5, 5.41) is 0. The third-order valence-corrected chi connectivity index (χ3v) is 5.81. The Balaban J connectivity index is 3.26. The number of carbonyl (C=O) groups excluding carboxylic acids is 1. The molecule has 0 N–H and O–H groups in total. The van der Waals surface area contributed by atoms with Gasteiger partial charge in [0.15, 0.2) is 17.6 Å². The lowest BCUT2D eigenvalue weighted by Gasteiger charge is -2.42. The van der Waals surface area contributed by atoms with Crippen molar-refractivity contribution in [1.82, 2.24) is 0 Å². The highest BCUT2D eigenvalue weighted by atomic mass is 19.4. The maximum absolute atomic E-state index is 14.1. The van der Waals surface area contributed by atoms with Crippen LogP contribution in [0.1, 0.15) is 25.3 Å². The molecule has 0 aliphatic carbocycles. The summed E-state index contributed by atoms with van der Waals surface area (Å²) in [5.41, 5.74) is -0.119. The van der Waals surface area contributed by atoms with Gasteiger partial charge < -0.3 is 14.2 Å². The van der Waals surface area contributed by atoms with Crippen LogP contribution in [0.2, 0.25) is 0 Å². The molecule has 0 radical (unpaired) electrons. The van der Waals surface area contributed by atoms with Gasteiger partial charge in [0.1, 0.15) is 0 Å². The van der Waals surface area contributed by atoms with Crippen LogP contribution in [-0.2, 0) is 16.0 Å². The monoisotopic (exact) mass is 670 g/mol. The third-order valence-electron chi connectivity index (χ3n) is 5.81. The fourth-order valence-electron chi connectivity index (χ4n) is 3.24. The van der Waals surface area contributed by atoms with Crippen LogP contribution in [-0.4, -0.2) is 73.9 Å². The first kappa shape index (κ1) is 38.1. The van der Waals surface area contributed by atoms with E-state index in [1.807, 2.05) is 0 Å². The van der Waals surface area contributed by atoms with Crippen molar-refractivity contribution in [3.8, 4) is 11.5 Å². The Morgan fingerprint density at radius 3 is 1.53 bits per heavy atom. The molecule has 4 nitrogen and oxygen atoms in total. The van der Waals surface area contributed by atoms with E-state index >= 15 is 0 Å². The zero-order chi connectivity index (χ0) is 34.3. The molecule has 0 aliphatic heterocycles. The first-order valence-corrected chi connectivity index (χ1v) is 11.1. The van der Waals surface area contributed by atoms with Gasteiger partial charge in [0.05, 0.1) is 14.2 Å². The number of aryl methyl sites for hydroxylation is 1. The predicted octanol–water partition coefficient (Wildman–Crippen LogP) is 7.97. The highest BCUT2D eigenvalue weighted by Gasteiger charge is 2.95. The molecule has 21 heteroatoms. The van der Waals surface area contributed by atoms with E-state index in [4.69, 9.17) is 9.47 Å². The first-order chi connectivity index (χ1) is 19.0. The number of benzene rings is 1. The summed E-state index contributed by atoms with van der Waals surface area (Å²) in [4.78, 5) is 11.4. The Morgan fingerprint density at radius 2 is 1.12 bits per heavy atom. The van der Waals surface area contributed by atoms with Crippen LogP contribution in [0.15, 0.2) is 18.2 Å². The van der Waals surface area contributed by atoms with E-state index in [0.29, 0.717) is 0 Å². The van der Waals surface area contributed by atoms with Crippen LogP contribution in [0, 0.1) is 0 Å². The number of ether oxygens (including phenoxy) is 3. The molecule has 43 heavy (non-hydrogen) atoms. The summed E-state index contributed by atoms with van der Waals surface area (Å²) in [6.07, 6.45) is -13.7. The molecule has 0 aliphatic rings. The Labute approximate surface area is 230 Å². The van der Waals surface area contributed by atoms with Gasteiger partial charge in [-0.2, -0.15) is 74.6 Å². The molecule has 250 valence electrons. The van der Waals surface area contributed by atoms with E-state index in [1.165, 1.54) is 6.92 Å². The van der Waals surface area contributed by atoms with E-state index in [-0.39, 0.29) is 17.1 Å². The predicted molar refractivity (Wildman–Crippen MR) is 109 cm³/mol. The number of alkyl halides is 17. The molecule has 0 spiro atoms. The standard InChI is InChI=1S/C22H19F17O4/c1-10(14(40)42-3)43-12-7-6-11(9-13(12)41-2)5-4-8-15(23,24)16(25,26)17(27,28)18(29,30)19(31,32)20(33,34)21(35,36)22(37,38)39/h6-7,9-10H,4-5,8H2,1-3H3. The number of hydrogen-bond acceptors (Lipinski definition) is 4. The van der Waals surface area contributed by atoms with Crippen LogP contribution < -0.4 is 9.47 Å². The van der Waals surface area contributed by atoms with Gasteiger partial charge in [0.2, 0.25) is 0 Å². The van der Waals surface area contributed by atoms with Crippen molar-refractivity contribution in [3.05, 3.63) is 23.8 Å². The highest BCUT2D eigenvalue weighted by molar-refractivity contribution is 5.74. The van der Waals surface area contributed by atoms with Crippen LogP contribution in [0.25, 0.3) is 0 Å². The molecule has 0 saturated heterocycles. The Kier molecular flexibility index (Phi) is 10.5. The van der Waals surface area contributed by atoms with Gasteiger partial charge in [0.25, 0.3) is 0 Å². The minimum atomic E-state index is -8.66. The molecule has 0 saturated carbocycles. The zero-order valence-electron chi connectivity index (χ0n) is 21.5. The summed E-state index contributed by atoms with van der Waals surface area (Å²) >= 11 is 0. The van der Waals surface area contributed by atoms with Crippen molar-refractivity contribution in [2.24, 2.45) is 0 Å². The fraction of sp³-hybridized carbons (Fsp3) is 0.682. The van der Waals surface area contributed by atoms with E-state index in [2.05, 4.69) is 4.74 Å². The van der Waals surface area contributed by atoms with E-state index in [9.17, 15) is 79.4 Å². The second-order valence-electron chi connectivity index (χ2n) is 8.77. The average molecular weight is 670 g/mol. The summed E-state index contributed by atoms with van der Waals surface area (Å²) < 4.78 is 242. The SMILES string of the molecule is COC(=O)C(C)Oc1ccc(CCCC(F)(F)C(F)(F)C(F)(F)C(F)(F)C(F)(F)C(F)(F)C(F)(F)C(F)(F)F)cc1OC. The molecule has 0 fully saturated rings. The summed E-state index contributed by atoms with van der Waals surface area (Å²) in [6.45, 7) is 1.24. The number of halogens is 17. The fourth-order valence-corrected chi connectivity index (χ4v) is 3.24. The second kappa shape index (κ2) is 11.9. The summed E-state index contributed by atoms with van der Waals surface area (Å²) in [5.74, 6) is -57.7. The van der Waals surface area contributed by atoms with E-state index in [1.54, 1.807) is 0 Å². The van der Waals surface area contributed by atoms with Crippen molar-refractivity contribution in [3.63, 3.8) is 0 Å². The van der Waals surface area contributed by atoms with Crippen molar-refractivity contribution in [2.75, 3.05) is 14.2 Å². The molecule has 1 atom stereocenters. The molecular weight excluding hydrogens is 651 g/mol. The maximum Gasteiger partial charge on any atom is 0.460 e. The van der Waals surface area contributed by atoms with Gasteiger partial charge >= 0.3 is 53.6 Å². The molecular formula is C22H19F17O4. The van der Waals surface area contributed by atoms with Gasteiger partial charge in [-0.25, -0.2) is 4.79 Å². The van der Waals surface area contributed by atoms with Crippen LogP contribution >= 0.6 is 0 Å². The lowest BCUT2D eigenvalue weighted by atomic mass is 9.87. The number of esters is 1. The molecule has 1 aromatic rings. The summed E-state index contributed by atoms with van der Waals surface area (Å²) in [6, 6.07) is 3.07. The van der Waals surface area contributed by atoms with Crippen LogP contribution in [0.3, 0.4) is 0 Å². The number of carbonyl (C=O) groups is 1. The van der Waals surface area contributed by atoms with Gasteiger partial charge in [0, 0.05) is 6.42 Å². The van der Waals surface area contributed by atoms with Crippen LogP contribution in [0.5, 0.6) is 11.5 Å². The maximum atomic E-state index is 14.1. The van der Waals surface area contributed by atoms with Gasteiger partial charge in [-0.05, 0) is 37.5 Å². The number of hydrogen-bond donors (Lipinski definition) is 0. The number of rotatable bonds is 14. The van der Waals surface area contributed by atoms with Crippen molar-refractivity contribution in [2.45, 2.75) is 79.9 Å². The number of methoxy groups -OCH3 is 2. The molecule has 1 aromatic carbocycles. The quantitative estimate of drug-likeness (QED) is 0.149. The van der Waals surface area contributed by atoms with E-state index < -0.39 is 79.0 Å². The van der Waals surface area contributed by atoms with Crippen LogP contribution in [0.4, 0.5) is 74.6 Å². The van der Waals surface area contributed by atoms with E-state index in [0.717, 1.165) is 32.4 Å². The highest BCUT2D eigenvalue weighted by Crippen LogP contribution is 2.64. The van der Waals surface area contributed by atoms with Gasteiger partial charge in [-0.3, -0.25) is 0 Å². The Bertz CT molecular complexity index is 1130. The molecule has 0 amide bonds. The minimum absolute atomic E-state index is 0.119. The van der Waals surface area contributed by atoms with Crippen molar-refractivity contribution >= 4 is 5.97 Å². The van der Waals surface area contributed by atoms with Gasteiger partial charge in [-0.1, -0.05) is 6.07 Å². The Morgan fingerprint density at radius 1 is 0.674 bits per heavy atom. The van der Waals surface area contributed by atoms with Gasteiger partial charge in [-0.15, -0.1) is 0 Å². The Hall–Kier alpha value is -2.90. The first-order valence-electron chi connectivity index (χ1n) is 11.1. The second-order valence-corrected chi connectivity index (χ2v) is 8.77. The molecule has 0 aromatic heterocycles. The normalized spacial score (nSPS) is 15.3. The lowest BCUT2D eigenvalue weighted by molar-refractivity contribution is -0.461. The third kappa shape index (κ3) is 6.34. The molecule has 0 bridgehead atoms. The summed E-state index contributed by atoms with van der Waals surface area (Å²) in [7, 11) is 2.06. The molecule has 1 rings (SSSR count). The molecule has 1 unspecified atom stereocenters. The lowest BCUT2D eigenvalue weighted by Crippen LogP contribution is -2.74. The molecule has 0 heterocycles. The zero-order valence-corrected chi connectivity index (χ0v) is 21.5. The van der Waals surface area contributed by atoms with Crippen molar-refractivity contribution < 1.29 is 93.6 Å². The minimum Gasteiger partial charge on any atom is -0.493 e. The topological polar surface area (TPSA) is 44.8 Å². The van der Waals surface area contributed by atoms with Crippen molar-refractivity contribution in [1.29, 1.82) is 0 Å². The average Bonchev–Trinajstić information content (AvgIpc) is 2.87. The smallest absolute Gasteiger partial charge is 0.460 e.